The van der Waals surface area contributed by atoms with Gasteiger partial charge >= 0.3 is 0 Å². The molecule has 0 atom stereocenters. The maximum atomic E-state index is 12.8. The number of aliphatic imine (C=N–C) groups is 1. The zero-order valence-electron chi connectivity index (χ0n) is 13.5. The molecule has 2 rings (SSSR count). The summed E-state index contributed by atoms with van der Waals surface area (Å²) in [5.74, 6) is 1.47. The van der Waals surface area contributed by atoms with Crippen LogP contribution in [0, 0.1) is 11.7 Å². The predicted molar refractivity (Wildman–Crippen MR) is 87.6 cm³/mol. The molecule has 0 radical (unpaired) electrons. The Kier molecular flexibility index (Phi) is 6.65. The number of benzene rings is 1. The molecule has 1 saturated carbocycles. The van der Waals surface area contributed by atoms with E-state index in [1.165, 1.54) is 25.0 Å². The molecule has 1 aromatic carbocycles. The summed E-state index contributed by atoms with van der Waals surface area (Å²) < 4.78 is 18.5. The van der Waals surface area contributed by atoms with E-state index in [2.05, 4.69) is 15.2 Å². The molecule has 1 aliphatic carbocycles. The van der Waals surface area contributed by atoms with Crippen LogP contribution in [0.3, 0.4) is 0 Å². The van der Waals surface area contributed by atoms with Gasteiger partial charge in [0.15, 0.2) is 5.96 Å². The zero-order valence-corrected chi connectivity index (χ0v) is 13.5. The van der Waals surface area contributed by atoms with Crippen molar-refractivity contribution in [2.45, 2.75) is 19.3 Å². The van der Waals surface area contributed by atoms with Crippen LogP contribution >= 0.6 is 0 Å². The summed E-state index contributed by atoms with van der Waals surface area (Å²) in [6, 6.07) is 6.62. The average Bonchev–Trinajstić information content (AvgIpc) is 3.34. The normalized spacial score (nSPS) is 15.0. The Morgan fingerprint density at radius 1 is 1.36 bits per heavy atom. The fourth-order valence-corrected chi connectivity index (χ4v) is 2.20. The Balaban J connectivity index is 1.63. The third-order valence-corrected chi connectivity index (χ3v) is 3.80. The molecule has 0 aliphatic heterocycles. The van der Waals surface area contributed by atoms with Gasteiger partial charge in [0, 0.05) is 33.8 Å². The van der Waals surface area contributed by atoms with E-state index in [-0.39, 0.29) is 5.82 Å². The molecule has 22 heavy (non-hydrogen) atoms. The molecule has 1 fully saturated rings. The van der Waals surface area contributed by atoms with Gasteiger partial charge in [0.05, 0.1) is 6.61 Å². The van der Waals surface area contributed by atoms with Gasteiger partial charge in [-0.1, -0.05) is 12.1 Å². The van der Waals surface area contributed by atoms with E-state index >= 15 is 0 Å². The van der Waals surface area contributed by atoms with Gasteiger partial charge in [0.1, 0.15) is 5.82 Å². The SMILES string of the molecule is CN=C(NCCc1ccc(F)cc1)N(C)CCOCC1CC1. The molecule has 0 heterocycles. The molecule has 0 bridgehead atoms. The molecule has 1 aliphatic rings. The van der Waals surface area contributed by atoms with Crippen LogP contribution in [0.2, 0.25) is 0 Å². The molecule has 122 valence electrons. The summed E-state index contributed by atoms with van der Waals surface area (Å²) in [6.45, 7) is 3.21. The molecular weight excluding hydrogens is 281 g/mol. The Bertz CT molecular complexity index is 471. The minimum Gasteiger partial charge on any atom is -0.379 e. The number of likely N-dealkylation sites (N-methyl/N-ethyl adjacent to an activating group) is 1. The Hall–Kier alpha value is -1.62. The highest BCUT2D eigenvalue weighted by Gasteiger charge is 2.21. The first kappa shape index (κ1) is 16.7. The van der Waals surface area contributed by atoms with E-state index in [1.54, 1.807) is 7.05 Å². The van der Waals surface area contributed by atoms with Crippen LogP contribution in [0.25, 0.3) is 0 Å². The molecular formula is C17H26FN3O. The van der Waals surface area contributed by atoms with Crippen LogP contribution in [-0.4, -0.2) is 51.3 Å². The second-order valence-corrected chi connectivity index (χ2v) is 5.79. The number of rotatable bonds is 8. The standard InChI is InChI=1S/C17H26FN3O/c1-19-17(21(2)11-12-22-13-15-3-4-15)20-10-9-14-5-7-16(18)8-6-14/h5-8,15H,3-4,9-13H2,1-2H3,(H,19,20). The summed E-state index contributed by atoms with van der Waals surface area (Å²) >= 11 is 0. The Labute approximate surface area is 132 Å². The van der Waals surface area contributed by atoms with Gasteiger partial charge in [-0.05, 0) is 42.9 Å². The summed E-state index contributed by atoms with van der Waals surface area (Å²) in [4.78, 5) is 6.34. The molecule has 0 unspecified atom stereocenters. The number of nitrogens with zero attached hydrogens (tertiary/aromatic N) is 2. The number of ether oxygens (including phenoxy) is 1. The number of halogens is 1. The van der Waals surface area contributed by atoms with Crippen LogP contribution in [0.4, 0.5) is 4.39 Å². The number of guanidine groups is 1. The zero-order chi connectivity index (χ0) is 15.8. The van der Waals surface area contributed by atoms with E-state index in [4.69, 9.17) is 4.74 Å². The monoisotopic (exact) mass is 307 g/mol. The van der Waals surface area contributed by atoms with Gasteiger partial charge in [-0.25, -0.2) is 4.39 Å². The van der Waals surface area contributed by atoms with Crippen molar-refractivity contribution in [3.8, 4) is 0 Å². The van der Waals surface area contributed by atoms with Gasteiger partial charge in [0.2, 0.25) is 0 Å². The van der Waals surface area contributed by atoms with Crippen molar-refractivity contribution < 1.29 is 9.13 Å². The van der Waals surface area contributed by atoms with Crippen LogP contribution in [0.5, 0.6) is 0 Å². The lowest BCUT2D eigenvalue weighted by atomic mass is 10.1. The average molecular weight is 307 g/mol. The molecule has 4 nitrogen and oxygen atoms in total. The van der Waals surface area contributed by atoms with E-state index in [0.717, 1.165) is 50.2 Å². The topological polar surface area (TPSA) is 36.9 Å². The summed E-state index contributed by atoms with van der Waals surface area (Å²) in [5, 5.41) is 3.32. The first-order chi connectivity index (χ1) is 10.7. The third-order valence-electron chi connectivity index (χ3n) is 3.80. The highest BCUT2D eigenvalue weighted by Crippen LogP contribution is 2.28. The van der Waals surface area contributed by atoms with Crippen molar-refractivity contribution in [2.24, 2.45) is 10.9 Å². The summed E-state index contributed by atoms with van der Waals surface area (Å²) in [7, 11) is 3.79. The number of hydrogen-bond acceptors (Lipinski definition) is 2. The fraction of sp³-hybridized carbons (Fsp3) is 0.588. The highest BCUT2D eigenvalue weighted by molar-refractivity contribution is 5.79. The van der Waals surface area contributed by atoms with Crippen molar-refractivity contribution in [3.05, 3.63) is 35.6 Å². The highest BCUT2D eigenvalue weighted by atomic mass is 19.1. The second kappa shape index (κ2) is 8.73. The smallest absolute Gasteiger partial charge is 0.193 e. The maximum absolute atomic E-state index is 12.8. The second-order valence-electron chi connectivity index (χ2n) is 5.79. The van der Waals surface area contributed by atoms with E-state index in [0.29, 0.717) is 0 Å². The van der Waals surface area contributed by atoms with Gasteiger partial charge < -0.3 is 15.0 Å². The maximum Gasteiger partial charge on any atom is 0.193 e. The van der Waals surface area contributed by atoms with Gasteiger partial charge in [-0.3, -0.25) is 4.99 Å². The molecule has 0 amide bonds. The lowest BCUT2D eigenvalue weighted by molar-refractivity contribution is 0.115. The van der Waals surface area contributed by atoms with Crippen LogP contribution < -0.4 is 5.32 Å². The number of hydrogen-bond donors (Lipinski definition) is 1. The van der Waals surface area contributed by atoms with Crippen LogP contribution in [0.15, 0.2) is 29.3 Å². The van der Waals surface area contributed by atoms with E-state index < -0.39 is 0 Å². The molecule has 5 heteroatoms. The predicted octanol–water partition coefficient (Wildman–Crippen LogP) is 2.30. The lowest BCUT2D eigenvalue weighted by Gasteiger charge is -2.22. The van der Waals surface area contributed by atoms with E-state index in [9.17, 15) is 4.39 Å². The third kappa shape index (κ3) is 6.02. The van der Waals surface area contributed by atoms with Crippen molar-refractivity contribution in [2.75, 3.05) is 40.4 Å². The minimum atomic E-state index is -0.196. The molecule has 1 aromatic rings. The van der Waals surface area contributed by atoms with Gasteiger partial charge in [-0.2, -0.15) is 0 Å². The Morgan fingerprint density at radius 2 is 2.09 bits per heavy atom. The fourth-order valence-electron chi connectivity index (χ4n) is 2.20. The molecule has 0 spiro atoms. The quantitative estimate of drug-likeness (QED) is 0.455. The van der Waals surface area contributed by atoms with Crippen molar-refractivity contribution in [3.63, 3.8) is 0 Å². The first-order valence-electron chi connectivity index (χ1n) is 7.93. The molecule has 0 aromatic heterocycles. The first-order valence-corrected chi connectivity index (χ1v) is 7.93. The van der Waals surface area contributed by atoms with Crippen LogP contribution in [-0.2, 0) is 11.2 Å². The van der Waals surface area contributed by atoms with Crippen molar-refractivity contribution >= 4 is 5.96 Å². The largest absolute Gasteiger partial charge is 0.379 e. The lowest BCUT2D eigenvalue weighted by Crippen LogP contribution is -2.41. The minimum absolute atomic E-state index is 0.196. The molecule has 0 saturated heterocycles. The van der Waals surface area contributed by atoms with Gasteiger partial charge in [0.25, 0.3) is 0 Å². The van der Waals surface area contributed by atoms with Crippen LogP contribution in [0.1, 0.15) is 18.4 Å². The van der Waals surface area contributed by atoms with Crippen molar-refractivity contribution in [1.82, 2.24) is 10.2 Å². The number of nitrogens with one attached hydrogen (secondary N) is 1. The summed E-state index contributed by atoms with van der Waals surface area (Å²) in [5.41, 5.74) is 1.11. The van der Waals surface area contributed by atoms with Crippen molar-refractivity contribution in [1.29, 1.82) is 0 Å². The van der Waals surface area contributed by atoms with E-state index in [1.807, 2.05) is 19.2 Å². The Morgan fingerprint density at radius 3 is 2.73 bits per heavy atom. The summed E-state index contributed by atoms with van der Waals surface area (Å²) in [6.07, 6.45) is 3.48. The molecule has 1 N–H and O–H groups in total. The van der Waals surface area contributed by atoms with Gasteiger partial charge in [-0.15, -0.1) is 0 Å².